The number of benzene rings is 2. The van der Waals surface area contributed by atoms with Gasteiger partial charge in [0.2, 0.25) is 11.1 Å². The summed E-state index contributed by atoms with van der Waals surface area (Å²) in [6, 6.07) is 12.8. The zero-order valence-corrected chi connectivity index (χ0v) is 16.0. The number of hydrogen-bond donors (Lipinski definition) is 2. The van der Waals surface area contributed by atoms with Crippen LogP contribution in [0, 0.1) is 5.82 Å². The minimum atomic E-state index is -0.491. The van der Waals surface area contributed by atoms with Gasteiger partial charge in [-0.25, -0.2) is 14.2 Å². The summed E-state index contributed by atoms with van der Waals surface area (Å²) in [5.41, 5.74) is 1.51. The second-order valence-corrected chi connectivity index (χ2v) is 7.16. The van der Waals surface area contributed by atoms with Gasteiger partial charge >= 0.3 is 5.63 Å². The highest BCUT2D eigenvalue weighted by Crippen LogP contribution is 2.28. The van der Waals surface area contributed by atoms with E-state index in [0.717, 1.165) is 10.9 Å². The summed E-state index contributed by atoms with van der Waals surface area (Å²) in [6.45, 7) is 1.40. The first-order valence-corrected chi connectivity index (χ1v) is 9.62. The lowest BCUT2D eigenvalue weighted by Crippen LogP contribution is -2.06. The first-order valence-electron chi connectivity index (χ1n) is 8.64. The van der Waals surface area contributed by atoms with Crippen molar-refractivity contribution in [2.75, 3.05) is 5.32 Å². The molecule has 0 aliphatic heterocycles. The lowest BCUT2D eigenvalue weighted by molar-refractivity contribution is -0.114. The van der Waals surface area contributed by atoms with E-state index < -0.39 is 5.63 Å². The predicted molar refractivity (Wildman–Crippen MR) is 108 cm³/mol. The van der Waals surface area contributed by atoms with Crippen LogP contribution in [-0.2, 0) is 10.5 Å². The molecule has 0 saturated carbocycles. The molecule has 4 rings (SSSR count). The van der Waals surface area contributed by atoms with Crippen LogP contribution in [0.5, 0.6) is 0 Å². The molecule has 0 atom stereocenters. The van der Waals surface area contributed by atoms with Crippen LogP contribution >= 0.6 is 11.8 Å². The fourth-order valence-electron chi connectivity index (χ4n) is 2.86. The molecule has 7 nitrogen and oxygen atoms in total. The zero-order valence-electron chi connectivity index (χ0n) is 15.2. The third kappa shape index (κ3) is 4.19. The van der Waals surface area contributed by atoms with E-state index in [0.29, 0.717) is 33.6 Å². The third-order valence-corrected chi connectivity index (χ3v) is 5.00. The molecule has 0 unspecified atom stereocenters. The summed E-state index contributed by atoms with van der Waals surface area (Å²) in [7, 11) is 0. The van der Waals surface area contributed by atoms with Crippen LogP contribution in [0.25, 0.3) is 22.4 Å². The summed E-state index contributed by atoms with van der Waals surface area (Å²) >= 11 is 1.31. The van der Waals surface area contributed by atoms with Crippen molar-refractivity contribution in [3.8, 4) is 11.4 Å². The number of nitrogens with one attached hydrogen (secondary N) is 2. The van der Waals surface area contributed by atoms with Crippen LogP contribution in [-0.4, -0.2) is 21.1 Å². The Bertz CT molecular complexity index is 1270. The number of nitrogens with zero attached hydrogens (tertiary/aromatic N) is 2. The standard InChI is InChI=1S/C20H15FN4O3S/c1-11(26)22-13-6-7-14-12(8-18(27)28-17(14)9-13)10-29-20-23-19(24-25-20)15-4-2-3-5-16(15)21/h2-9H,10H2,1H3,(H,22,26)(H,23,24,25). The maximum Gasteiger partial charge on any atom is 0.336 e. The number of aromatic amines is 1. The Balaban J connectivity index is 1.58. The van der Waals surface area contributed by atoms with Gasteiger partial charge in [0.25, 0.3) is 0 Å². The van der Waals surface area contributed by atoms with Crippen molar-refractivity contribution < 1.29 is 13.6 Å². The smallest absolute Gasteiger partial charge is 0.336 e. The van der Waals surface area contributed by atoms with E-state index in [9.17, 15) is 14.0 Å². The second-order valence-electron chi connectivity index (χ2n) is 6.22. The first kappa shape index (κ1) is 18.9. The highest BCUT2D eigenvalue weighted by atomic mass is 32.2. The Labute approximate surface area is 168 Å². The molecule has 2 heterocycles. The maximum absolute atomic E-state index is 13.9. The van der Waals surface area contributed by atoms with Crippen LogP contribution in [0.15, 0.2) is 62.9 Å². The van der Waals surface area contributed by atoms with E-state index in [2.05, 4.69) is 20.5 Å². The summed E-state index contributed by atoms with van der Waals surface area (Å²) in [4.78, 5) is 27.5. The molecule has 2 N–H and O–H groups in total. The largest absolute Gasteiger partial charge is 0.423 e. The van der Waals surface area contributed by atoms with Crippen LogP contribution in [0.4, 0.5) is 10.1 Å². The Morgan fingerprint density at radius 3 is 2.86 bits per heavy atom. The van der Waals surface area contributed by atoms with Crippen LogP contribution in [0.3, 0.4) is 0 Å². The van der Waals surface area contributed by atoms with E-state index in [4.69, 9.17) is 4.42 Å². The monoisotopic (exact) mass is 410 g/mol. The number of H-pyrrole nitrogens is 1. The second kappa shape index (κ2) is 7.88. The van der Waals surface area contributed by atoms with E-state index in [1.54, 1.807) is 36.4 Å². The molecule has 0 aliphatic carbocycles. The Morgan fingerprint density at radius 2 is 2.07 bits per heavy atom. The van der Waals surface area contributed by atoms with Crippen molar-refractivity contribution in [1.82, 2.24) is 15.2 Å². The Morgan fingerprint density at radius 1 is 1.24 bits per heavy atom. The summed E-state index contributed by atoms with van der Waals surface area (Å²) in [5.74, 6) is 0.148. The molecule has 0 aliphatic rings. The Kier molecular flexibility index (Phi) is 5.13. The van der Waals surface area contributed by atoms with Crippen LogP contribution < -0.4 is 10.9 Å². The number of fused-ring (bicyclic) bond motifs is 1. The number of hydrogen-bond acceptors (Lipinski definition) is 6. The molecule has 1 amide bonds. The minimum Gasteiger partial charge on any atom is -0.423 e. The molecule has 0 fully saturated rings. The molecule has 9 heteroatoms. The van der Waals surface area contributed by atoms with Crippen LogP contribution in [0.2, 0.25) is 0 Å². The highest BCUT2D eigenvalue weighted by Gasteiger charge is 2.12. The van der Waals surface area contributed by atoms with Crippen molar-refractivity contribution in [2.45, 2.75) is 17.8 Å². The average molecular weight is 410 g/mol. The normalized spacial score (nSPS) is 11.0. The summed E-state index contributed by atoms with van der Waals surface area (Å²) < 4.78 is 19.2. The van der Waals surface area contributed by atoms with Crippen molar-refractivity contribution in [3.63, 3.8) is 0 Å². The van der Waals surface area contributed by atoms with Gasteiger partial charge in [0.15, 0.2) is 5.82 Å². The van der Waals surface area contributed by atoms with Crippen molar-refractivity contribution >= 4 is 34.3 Å². The summed E-state index contributed by atoms with van der Waals surface area (Å²) in [5, 5.41) is 10.7. The molecule has 0 bridgehead atoms. The van der Waals surface area contributed by atoms with Gasteiger partial charge in [0, 0.05) is 35.9 Å². The first-order chi connectivity index (χ1) is 14.0. The van der Waals surface area contributed by atoms with Gasteiger partial charge in [0.05, 0.1) is 5.56 Å². The van der Waals surface area contributed by atoms with Gasteiger partial charge in [-0.15, -0.1) is 5.10 Å². The lowest BCUT2D eigenvalue weighted by Gasteiger charge is -2.06. The van der Waals surface area contributed by atoms with E-state index in [1.807, 2.05) is 0 Å². The SMILES string of the molecule is CC(=O)Nc1ccc2c(CSc3n[nH]c(-c4ccccc4F)n3)cc(=O)oc2c1. The maximum atomic E-state index is 13.9. The van der Waals surface area contributed by atoms with Gasteiger partial charge < -0.3 is 9.73 Å². The van der Waals surface area contributed by atoms with Gasteiger partial charge in [-0.1, -0.05) is 23.9 Å². The van der Waals surface area contributed by atoms with E-state index in [1.165, 1.54) is 30.8 Å². The molecule has 2 aromatic carbocycles. The fraction of sp³-hybridized carbons (Fsp3) is 0.100. The van der Waals surface area contributed by atoms with E-state index in [-0.39, 0.29) is 11.7 Å². The minimum absolute atomic E-state index is 0.214. The number of anilines is 1. The van der Waals surface area contributed by atoms with Crippen molar-refractivity contribution in [2.24, 2.45) is 0 Å². The van der Waals surface area contributed by atoms with Crippen LogP contribution in [0.1, 0.15) is 12.5 Å². The fourth-order valence-corrected chi connectivity index (χ4v) is 3.65. The summed E-state index contributed by atoms with van der Waals surface area (Å²) in [6.07, 6.45) is 0. The Hall–Kier alpha value is -3.46. The lowest BCUT2D eigenvalue weighted by atomic mass is 10.1. The number of carbonyl (C=O) groups is 1. The molecular formula is C20H15FN4O3S. The predicted octanol–water partition coefficient (Wildman–Crippen LogP) is 3.97. The van der Waals surface area contributed by atoms with Gasteiger partial charge in [0.1, 0.15) is 11.4 Å². The molecule has 0 saturated heterocycles. The molecule has 0 radical (unpaired) electrons. The van der Waals surface area contributed by atoms with Gasteiger partial charge in [-0.2, -0.15) is 0 Å². The quantitative estimate of drug-likeness (QED) is 0.381. The van der Waals surface area contributed by atoms with Crippen molar-refractivity contribution in [3.05, 3.63) is 70.3 Å². The zero-order chi connectivity index (χ0) is 20.4. The molecule has 146 valence electrons. The number of aromatic nitrogens is 3. The number of thioether (sulfide) groups is 1. The third-order valence-electron chi connectivity index (χ3n) is 4.10. The molecule has 0 spiro atoms. The molecule has 4 aromatic rings. The van der Waals surface area contributed by atoms with Crippen molar-refractivity contribution in [1.29, 1.82) is 0 Å². The average Bonchev–Trinajstić information content (AvgIpc) is 3.14. The topological polar surface area (TPSA) is 101 Å². The molecule has 2 aromatic heterocycles. The molecular weight excluding hydrogens is 395 g/mol. The number of rotatable bonds is 5. The van der Waals surface area contributed by atoms with Gasteiger partial charge in [-0.3, -0.25) is 9.89 Å². The van der Waals surface area contributed by atoms with E-state index >= 15 is 0 Å². The number of halogens is 1. The molecule has 29 heavy (non-hydrogen) atoms. The number of amides is 1. The number of carbonyl (C=O) groups excluding carboxylic acids is 1. The van der Waals surface area contributed by atoms with Gasteiger partial charge in [-0.05, 0) is 29.8 Å². The highest BCUT2D eigenvalue weighted by molar-refractivity contribution is 7.98.